The number of nitrogens with one attached hydrogen (secondary N) is 1. The molecule has 3 aromatic rings. The van der Waals surface area contributed by atoms with Gasteiger partial charge in [-0.05, 0) is 18.6 Å². The number of rotatable bonds is 3. The largest absolute Gasteiger partial charge is 0.383 e. The third-order valence-electron chi connectivity index (χ3n) is 3.39. The number of hydrogen-bond donors (Lipinski definition) is 2. The Labute approximate surface area is 123 Å². The maximum Gasteiger partial charge on any atom is 0.138 e. The first-order valence-electron chi connectivity index (χ1n) is 6.74. The van der Waals surface area contributed by atoms with Crippen LogP contribution in [0.25, 0.3) is 11.1 Å². The molecule has 0 radical (unpaired) electrons. The molecule has 0 bridgehead atoms. The fourth-order valence-electron chi connectivity index (χ4n) is 2.18. The van der Waals surface area contributed by atoms with E-state index in [9.17, 15) is 0 Å². The van der Waals surface area contributed by atoms with Crippen molar-refractivity contribution in [2.24, 2.45) is 0 Å². The van der Waals surface area contributed by atoms with Gasteiger partial charge in [-0.2, -0.15) is 0 Å². The average molecular weight is 276 g/mol. The summed E-state index contributed by atoms with van der Waals surface area (Å²) in [7, 11) is 0. The Hall–Kier alpha value is -2.88. The van der Waals surface area contributed by atoms with Crippen molar-refractivity contribution in [2.75, 3.05) is 11.1 Å². The van der Waals surface area contributed by atoms with Gasteiger partial charge in [0.1, 0.15) is 18.0 Å². The topological polar surface area (TPSA) is 63.8 Å². The molecule has 0 saturated heterocycles. The van der Waals surface area contributed by atoms with Crippen LogP contribution >= 0.6 is 0 Å². The average Bonchev–Trinajstić information content (AvgIpc) is 2.53. The van der Waals surface area contributed by atoms with E-state index in [0.29, 0.717) is 5.82 Å². The van der Waals surface area contributed by atoms with Crippen LogP contribution in [0.5, 0.6) is 0 Å². The zero-order chi connectivity index (χ0) is 14.7. The van der Waals surface area contributed by atoms with E-state index in [1.807, 2.05) is 43.3 Å². The van der Waals surface area contributed by atoms with E-state index in [2.05, 4.69) is 33.5 Å². The minimum atomic E-state index is 0.490. The Bertz CT molecular complexity index is 754. The van der Waals surface area contributed by atoms with E-state index in [0.717, 1.165) is 28.2 Å². The second kappa shape index (κ2) is 5.63. The van der Waals surface area contributed by atoms with E-state index >= 15 is 0 Å². The number of para-hydroxylation sites is 1. The molecule has 21 heavy (non-hydrogen) atoms. The van der Waals surface area contributed by atoms with Crippen molar-refractivity contribution in [1.29, 1.82) is 0 Å². The molecule has 1 heterocycles. The molecule has 3 rings (SSSR count). The number of hydrogen-bond acceptors (Lipinski definition) is 4. The van der Waals surface area contributed by atoms with Crippen LogP contribution in [0.4, 0.5) is 17.3 Å². The second-order valence-electron chi connectivity index (χ2n) is 4.77. The van der Waals surface area contributed by atoms with E-state index in [-0.39, 0.29) is 0 Å². The Balaban J connectivity index is 2.02. The van der Waals surface area contributed by atoms with Gasteiger partial charge in [0.05, 0.1) is 0 Å². The molecule has 0 amide bonds. The molecule has 0 aliphatic rings. The Kier molecular flexibility index (Phi) is 3.51. The third kappa shape index (κ3) is 2.69. The smallest absolute Gasteiger partial charge is 0.138 e. The SMILES string of the molecule is Cc1c(N)ncnc1Nc1ccccc1-c1ccccc1. The summed E-state index contributed by atoms with van der Waals surface area (Å²) in [5, 5.41) is 3.35. The highest BCUT2D eigenvalue weighted by Crippen LogP contribution is 2.30. The van der Waals surface area contributed by atoms with Crippen LogP contribution in [-0.2, 0) is 0 Å². The van der Waals surface area contributed by atoms with Crippen molar-refractivity contribution in [3.8, 4) is 11.1 Å². The fraction of sp³-hybridized carbons (Fsp3) is 0.0588. The molecule has 0 aliphatic heterocycles. The molecule has 0 spiro atoms. The molecule has 4 nitrogen and oxygen atoms in total. The van der Waals surface area contributed by atoms with Crippen molar-refractivity contribution >= 4 is 17.3 Å². The number of nitrogen functional groups attached to an aromatic ring is 1. The molecule has 0 fully saturated rings. The lowest BCUT2D eigenvalue weighted by molar-refractivity contribution is 1.14. The molecular weight excluding hydrogens is 260 g/mol. The van der Waals surface area contributed by atoms with Crippen molar-refractivity contribution in [3.05, 3.63) is 66.5 Å². The van der Waals surface area contributed by atoms with E-state index < -0.39 is 0 Å². The molecule has 3 N–H and O–H groups in total. The summed E-state index contributed by atoms with van der Waals surface area (Å²) in [5.41, 5.74) is 9.94. The molecular formula is C17H16N4. The van der Waals surface area contributed by atoms with Crippen LogP contribution in [0.3, 0.4) is 0 Å². The first-order chi connectivity index (χ1) is 10.3. The quantitative estimate of drug-likeness (QED) is 0.764. The molecule has 2 aromatic carbocycles. The summed E-state index contributed by atoms with van der Waals surface area (Å²) in [4.78, 5) is 8.26. The van der Waals surface area contributed by atoms with Gasteiger partial charge in [-0.3, -0.25) is 0 Å². The second-order valence-corrected chi connectivity index (χ2v) is 4.77. The normalized spacial score (nSPS) is 10.3. The first kappa shape index (κ1) is 13.1. The molecule has 0 aliphatic carbocycles. The molecule has 0 atom stereocenters. The number of nitrogens with zero attached hydrogens (tertiary/aromatic N) is 2. The van der Waals surface area contributed by atoms with Gasteiger partial charge in [-0.25, -0.2) is 9.97 Å². The van der Waals surface area contributed by atoms with Crippen molar-refractivity contribution < 1.29 is 0 Å². The predicted octanol–water partition coefficient (Wildman–Crippen LogP) is 3.78. The first-order valence-corrected chi connectivity index (χ1v) is 6.74. The lowest BCUT2D eigenvalue weighted by Crippen LogP contribution is -2.02. The molecule has 0 saturated carbocycles. The summed E-state index contributed by atoms with van der Waals surface area (Å²) in [6.07, 6.45) is 1.47. The highest BCUT2D eigenvalue weighted by molar-refractivity contribution is 5.81. The van der Waals surface area contributed by atoms with Crippen molar-refractivity contribution in [3.63, 3.8) is 0 Å². The summed E-state index contributed by atoms with van der Waals surface area (Å²) >= 11 is 0. The van der Waals surface area contributed by atoms with Gasteiger partial charge in [0, 0.05) is 16.8 Å². The number of anilines is 3. The summed E-state index contributed by atoms with van der Waals surface area (Å²) < 4.78 is 0. The lowest BCUT2D eigenvalue weighted by atomic mass is 10.0. The summed E-state index contributed by atoms with van der Waals surface area (Å²) in [6, 6.07) is 18.4. The van der Waals surface area contributed by atoms with Crippen molar-refractivity contribution in [2.45, 2.75) is 6.92 Å². The highest BCUT2D eigenvalue weighted by Gasteiger charge is 2.08. The maximum atomic E-state index is 5.83. The van der Waals surface area contributed by atoms with Gasteiger partial charge in [-0.15, -0.1) is 0 Å². The standard InChI is InChI=1S/C17H16N4/c1-12-16(18)19-11-20-17(12)21-15-10-6-5-9-14(15)13-7-3-2-4-8-13/h2-11H,1H3,(H3,18,19,20,21). The summed E-state index contributed by atoms with van der Waals surface area (Å²) in [5.74, 6) is 1.22. The van der Waals surface area contributed by atoms with E-state index in [4.69, 9.17) is 5.73 Å². The Morgan fingerprint density at radius 3 is 2.43 bits per heavy atom. The zero-order valence-corrected chi connectivity index (χ0v) is 11.7. The molecule has 104 valence electrons. The van der Waals surface area contributed by atoms with Gasteiger partial charge in [0.25, 0.3) is 0 Å². The van der Waals surface area contributed by atoms with Gasteiger partial charge in [0.15, 0.2) is 0 Å². The van der Waals surface area contributed by atoms with Crippen LogP contribution in [-0.4, -0.2) is 9.97 Å². The third-order valence-corrected chi connectivity index (χ3v) is 3.39. The van der Waals surface area contributed by atoms with Gasteiger partial charge < -0.3 is 11.1 Å². The predicted molar refractivity (Wildman–Crippen MR) is 86.3 cm³/mol. The zero-order valence-electron chi connectivity index (χ0n) is 11.7. The van der Waals surface area contributed by atoms with E-state index in [1.165, 1.54) is 6.33 Å². The van der Waals surface area contributed by atoms with Crippen LogP contribution in [0.15, 0.2) is 60.9 Å². The van der Waals surface area contributed by atoms with E-state index in [1.54, 1.807) is 0 Å². The molecule has 1 aromatic heterocycles. The number of benzene rings is 2. The highest BCUT2D eigenvalue weighted by atomic mass is 15.0. The van der Waals surface area contributed by atoms with Crippen LogP contribution in [0.1, 0.15) is 5.56 Å². The van der Waals surface area contributed by atoms with Gasteiger partial charge >= 0.3 is 0 Å². The van der Waals surface area contributed by atoms with Crippen LogP contribution < -0.4 is 11.1 Å². The minimum Gasteiger partial charge on any atom is -0.383 e. The maximum absolute atomic E-state index is 5.83. The fourth-order valence-corrected chi connectivity index (χ4v) is 2.18. The summed E-state index contributed by atoms with van der Waals surface area (Å²) in [6.45, 7) is 1.91. The van der Waals surface area contributed by atoms with Crippen LogP contribution in [0.2, 0.25) is 0 Å². The number of nitrogens with two attached hydrogens (primary N) is 1. The monoisotopic (exact) mass is 276 g/mol. The van der Waals surface area contributed by atoms with Gasteiger partial charge in [-0.1, -0.05) is 48.5 Å². The Morgan fingerprint density at radius 1 is 0.905 bits per heavy atom. The molecule has 0 unspecified atom stereocenters. The van der Waals surface area contributed by atoms with Crippen molar-refractivity contribution in [1.82, 2.24) is 9.97 Å². The Morgan fingerprint density at radius 2 is 1.62 bits per heavy atom. The number of aromatic nitrogens is 2. The van der Waals surface area contributed by atoms with Crippen LogP contribution in [0, 0.1) is 6.92 Å². The minimum absolute atomic E-state index is 0.490. The molecule has 4 heteroatoms. The lowest BCUT2D eigenvalue weighted by Gasteiger charge is -2.13. The van der Waals surface area contributed by atoms with Gasteiger partial charge in [0.2, 0.25) is 0 Å².